The van der Waals surface area contributed by atoms with E-state index in [2.05, 4.69) is 20.6 Å². The van der Waals surface area contributed by atoms with Crippen molar-refractivity contribution in [3.05, 3.63) is 35.9 Å². The van der Waals surface area contributed by atoms with Gasteiger partial charge in [-0.1, -0.05) is 11.2 Å². The monoisotopic (exact) mass is 191 g/mol. The molecule has 0 unspecified atom stereocenters. The quantitative estimate of drug-likeness (QED) is 0.537. The number of pyridine rings is 1. The van der Waals surface area contributed by atoms with E-state index in [0.717, 1.165) is 5.56 Å². The Morgan fingerprint density at radius 1 is 1.50 bits per heavy atom. The number of anilines is 1. The minimum atomic E-state index is 0.212. The minimum Gasteiger partial charge on any atom is -0.314 e. The van der Waals surface area contributed by atoms with E-state index in [0.29, 0.717) is 12.2 Å². The van der Waals surface area contributed by atoms with E-state index in [1.165, 1.54) is 0 Å². The molecule has 14 heavy (non-hydrogen) atoms. The van der Waals surface area contributed by atoms with E-state index in [1.54, 1.807) is 12.4 Å². The van der Waals surface area contributed by atoms with Gasteiger partial charge in [0, 0.05) is 18.8 Å². The maximum absolute atomic E-state index is 5.10. The SMILES string of the molecule is NNc1nc(Cc2cccnc2)no1. The van der Waals surface area contributed by atoms with Gasteiger partial charge >= 0.3 is 6.01 Å². The van der Waals surface area contributed by atoms with Gasteiger partial charge in [0.2, 0.25) is 0 Å². The molecule has 0 saturated heterocycles. The Kier molecular flexibility index (Phi) is 2.37. The summed E-state index contributed by atoms with van der Waals surface area (Å²) in [6.45, 7) is 0. The van der Waals surface area contributed by atoms with Gasteiger partial charge in [0.25, 0.3) is 0 Å². The third-order valence-electron chi connectivity index (χ3n) is 1.68. The molecule has 72 valence electrons. The van der Waals surface area contributed by atoms with Crippen molar-refractivity contribution in [1.82, 2.24) is 15.1 Å². The Labute approximate surface area is 80.1 Å². The molecule has 0 aromatic carbocycles. The third kappa shape index (κ3) is 1.86. The highest BCUT2D eigenvalue weighted by molar-refractivity contribution is 5.19. The van der Waals surface area contributed by atoms with Crippen molar-refractivity contribution < 1.29 is 4.52 Å². The number of nitrogen functional groups attached to an aromatic ring is 1. The van der Waals surface area contributed by atoms with Crippen molar-refractivity contribution in [3.8, 4) is 0 Å². The normalized spacial score (nSPS) is 10.1. The van der Waals surface area contributed by atoms with Crippen molar-refractivity contribution in [1.29, 1.82) is 0 Å². The molecule has 3 N–H and O–H groups in total. The zero-order chi connectivity index (χ0) is 9.80. The molecule has 0 aliphatic heterocycles. The van der Waals surface area contributed by atoms with Crippen LogP contribution in [0.5, 0.6) is 0 Å². The predicted octanol–water partition coefficient (Wildman–Crippen LogP) is 0.341. The van der Waals surface area contributed by atoms with E-state index in [9.17, 15) is 0 Å². The van der Waals surface area contributed by atoms with Crippen LogP contribution in [0, 0.1) is 0 Å². The Bertz CT molecular complexity index is 399. The Hall–Kier alpha value is -1.95. The fourth-order valence-electron chi connectivity index (χ4n) is 1.07. The molecule has 6 heteroatoms. The third-order valence-corrected chi connectivity index (χ3v) is 1.68. The first-order valence-electron chi connectivity index (χ1n) is 4.06. The fraction of sp³-hybridized carbons (Fsp3) is 0.125. The van der Waals surface area contributed by atoms with Crippen molar-refractivity contribution in [2.45, 2.75) is 6.42 Å². The predicted molar refractivity (Wildman–Crippen MR) is 49.2 cm³/mol. The van der Waals surface area contributed by atoms with Crippen LogP contribution in [0.4, 0.5) is 6.01 Å². The number of nitrogens with one attached hydrogen (secondary N) is 1. The average Bonchev–Trinajstić information content (AvgIpc) is 2.67. The fourth-order valence-corrected chi connectivity index (χ4v) is 1.07. The van der Waals surface area contributed by atoms with Gasteiger partial charge in [0.15, 0.2) is 5.82 Å². The molecule has 0 atom stereocenters. The molecule has 0 bridgehead atoms. The van der Waals surface area contributed by atoms with Gasteiger partial charge in [-0.05, 0) is 11.6 Å². The van der Waals surface area contributed by atoms with Gasteiger partial charge in [-0.2, -0.15) is 4.98 Å². The van der Waals surface area contributed by atoms with E-state index in [4.69, 9.17) is 10.4 Å². The molecule has 2 heterocycles. The Morgan fingerprint density at radius 2 is 2.43 bits per heavy atom. The highest BCUT2D eigenvalue weighted by Crippen LogP contribution is 2.06. The maximum atomic E-state index is 5.10. The summed E-state index contributed by atoms with van der Waals surface area (Å²) in [5.41, 5.74) is 3.30. The molecule has 2 aromatic rings. The van der Waals surface area contributed by atoms with Crippen LogP contribution < -0.4 is 11.3 Å². The van der Waals surface area contributed by atoms with E-state index in [1.807, 2.05) is 12.1 Å². The number of hydrogen-bond acceptors (Lipinski definition) is 6. The molecule has 0 aliphatic rings. The first-order valence-corrected chi connectivity index (χ1v) is 4.06. The number of nitrogens with zero attached hydrogens (tertiary/aromatic N) is 3. The van der Waals surface area contributed by atoms with Gasteiger partial charge < -0.3 is 4.52 Å². The zero-order valence-corrected chi connectivity index (χ0v) is 7.34. The molecular weight excluding hydrogens is 182 g/mol. The lowest BCUT2D eigenvalue weighted by Crippen LogP contribution is -2.06. The first-order chi connectivity index (χ1) is 6.88. The molecule has 0 amide bonds. The molecule has 2 rings (SSSR count). The standard InChI is InChI=1S/C8H9N5O/c9-12-8-11-7(13-14-8)4-6-2-1-3-10-5-6/h1-3,5H,4,9H2,(H,11,12,13). The lowest BCUT2D eigenvalue weighted by molar-refractivity contribution is 0.424. The van der Waals surface area contributed by atoms with Crippen molar-refractivity contribution >= 4 is 6.01 Å². The summed E-state index contributed by atoms with van der Waals surface area (Å²) in [6, 6.07) is 4.01. The summed E-state index contributed by atoms with van der Waals surface area (Å²) >= 11 is 0. The zero-order valence-electron chi connectivity index (χ0n) is 7.34. The highest BCUT2D eigenvalue weighted by atomic mass is 16.5. The van der Waals surface area contributed by atoms with Crippen LogP contribution in [0.2, 0.25) is 0 Å². The van der Waals surface area contributed by atoms with Crippen LogP contribution in [-0.4, -0.2) is 15.1 Å². The van der Waals surface area contributed by atoms with Crippen LogP contribution in [0.25, 0.3) is 0 Å². The van der Waals surface area contributed by atoms with E-state index < -0.39 is 0 Å². The Morgan fingerprint density at radius 3 is 3.07 bits per heavy atom. The molecule has 0 aliphatic carbocycles. The van der Waals surface area contributed by atoms with Crippen LogP contribution in [-0.2, 0) is 6.42 Å². The Balaban J connectivity index is 2.11. The topological polar surface area (TPSA) is 89.9 Å². The molecular formula is C8H9N5O. The lowest BCUT2D eigenvalue weighted by atomic mass is 10.2. The minimum absolute atomic E-state index is 0.212. The second kappa shape index (κ2) is 3.84. The maximum Gasteiger partial charge on any atom is 0.335 e. The smallest absolute Gasteiger partial charge is 0.314 e. The number of hydrazine groups is 1. The van der Waals surface area contributed by atoms with Gasteiger partial charge in [-0.15, -0.1) is 0 Å². The number of hydrogen-bond donors (Lipinski definition) is 2. The second-order valence-electron chi connectivity index (χ2n) is 2.70. The van der Waals surface area contributed by atoms with Gasteiger partial charge in [-0.3, -0.25) is 10.4 Å². The lowest BCUT2D eigenvalue weighted by Gasteiger charge is -1.93. The van der Waals surface area contributed by atoms with Gasteiger partial charge in [0.05, 0.1) is 0 Å². The summed E-state index contributed by atoms with van der Waals surface area (Å²) in [4.78, 5) is 7.96. The summed E-state index contributed by atoms with van der Waals surface area (Å²) in [5.74, 6) is 5.67. The molecule has 6 nitrogen and oxygen atoms in total. The summed E-state index contributed by atoms with van der Waals surface area (Å²) in [6.07, 6.45) is 4.05. The first kappa shape index (κ1) is 8.64. The summed E-state index contributed by atoms with van der Waals surface area (Å²) in [7, 11) is 0. The number of aromatic nitrogens is 3. The van der Waals surface area contributed by atoms with Gasteiger partial charge in [0.1, 0.15) is 0 Å². The number of rotatable bonds is 3. The van der Waals surface area contributed by atoms with Crippen molar-refractivity contribution in [3.63, 3.8) is 0 Å². The van der Waals surface area contributed by atoms with E-state index >= 15 is 0 Å². The number of nitrogens with two attached hydrogens (primary N) is 1. The molecule has 0 spiro atoms. The van der Waals surface area contributed by atoms with Gasteiger partial charge in [-0.25, -0.2) is 5.84 Å². The molecule has 0 saturated carbocycles. The molecule has 0 fully saturated rings. The summed E-state index contributed by atoms with van der Waals surface area (Å²) in [5, 5.41) is 3.73. The highest BCUT2D eigenvalue weighted by Gasteiger charge is 2.04. The van der Waals surface area contributed by atoms with E-state index in [-0.39, 0.29) is 6.01 Å². The molecule has 0 radical (unpaired) electrons. The van der Waals surface area contributed by atoms with Crippen LogP contribution >= 0.6 is 0 Å². The summed E-state index contributed by atoms with van der Waals surface area (Å²) < 4.78 is 4.77. The van der Waals surface area contributed by atoms with Crippen LogP contribution in [0.15, 0.2) is 29.0 Å². The largest absolute Gasteiger partial charge is 0.335 e. The van der Waals surface area contributed by atoms with Crippen LogP contribution in [0.3, 0.4) is 0 Å². The van der Waals surface area contributed by atoms with Crippen LogP contribution in [0.1, 0.15) is 11.4 Å². The molecule has 2 aromatic heterocycles. The van der Waals surface area contributed by atoms with Crippen molar-refractivity contribution in [2.24, 2.45) is 5.84 Å². The van der Waals surface area contributed by atoms with Crippen molar-refractivity contribution in [2.75, 3.05) is 5.43 Å². The average molecular weight is 191 g/mol. The second-order valence-corrected chi connectivity index (χ2v) is 2.70.